The molecule has 0 radical (unpaired) electrons. The Morgan fingerprint density at radius 3 is 2.23 bits per heavy atom. The molecule has 0 spiro atoms. The fourth-order valence-electron chi connectivity index (χ4n) is 17.2. The fourth-order valence-corrected chi connectivity index (χ4v) is 17.2. The van der Waals surface area contributed by atoms with Gasteiger partial charge in [0.2, 0.25) is 5.91 Å². The molecule has 62 heavy (non-hydrogen) atoms. The number of aliphatic carboxylic acids is 1. The molecule has 6 saturated carbocycles. The van der Waals surface area contributed by atoms with E-state index in [1.807, 2.05) is 13.8 Å². The molecule has 0 unspecified atom stereocenters. The van der Waals surface area contributed by atoms with Gasteiger partial charge in [-0.2, -0.15) is 0 Å². The summed E-state index contributed by atoms with van der Waals surface area (Å²) in [6, 6.07) is 11.3. The van der Waals surface area contributed by atoms with Gasteiger partial charge in [0.15, 0.2) is 0 Å². The van der Waals surface area contributed by atoms with E-state index < -0.39 is 11.4 Å². The third-order valence-corrected chi connectivity index (χ3v) is 20.5. The van der Waals surface area contributed by atoms with Gasteiger partial charge in [0.25, 0.3) is 0 Å². The quantitative estimate of drug-likeness (QED) is 0.161. The number of hydrogen-bond donors (Lipinski definition) is 2. The molecule has 12 atom stereocenters. The van der Waals surface area contributed by atoms with Crippen LogP contribution < -0.4 is 5.32 Å². The topological polar surface area (TPSA) is 95.9 Å². The van der Waals surface area contributed by atoms with E-state index in [4.69, 9.17) is 4.74 Å². The molecule has 7 aliphatic rings. The highest BCUT2D eigenvalue weighted by Gasteiger charge is 2.72. The minimum atomic E-state index is -0.880. The van der Waals surface area contributed by atoms with Crippen LogP contribution in [0.4, 0.5) is 0 Å². The lowest BCUT2D eigenvalue weighted by Crippen LogP contribution is -2.67. The molecule has 6 aliphatic carbocycles. The minimum absolute atomic E-state index is 0.0481. The molecule has 1 saturated heterocycles. The van der Waals surface area contributed by atoms with Gasteiger partial charge in [0.05, 0.1) is 18.3 Å². The van der Waals surface area contributed by atoms with Gasteiger partial charge < -0.3 is 20.1 Å². The van der Waals surface area contributed by atoms with Crippen molar-refractivity contribution in [1.29, 1.82) is 0 Å². The second-order valence-electron chi connectivity index (χ2n) is 24.9. The number of nitrogens with zero attached hydrogens (tertiary/aromatic N) is 1. The third kappa shape index (κ3) is 8.16. The number of carboxylic acids is 1. The van der Waals surface area contributed by atoms with Crippen molar-refractivity contribution in [3.8, 4) is 0 Å². The first-order valence-electron chi connectivity index (χ1n) is 25.3. The fraction of sp³-hybridized carbons (Fsp3) is 0.800. The predicted molar refractivity (Wildman–Crippen MR) is 248 cm³/mol. The van der Waals surface area contributed by atoms with Crippen molar-refractivity contribution in [3.05, 3.63) is 48.0 Å². The van der Waals surface area contributed by atoms with Crippen molar-refractivity contribution < 1.29 is 24.2 Å². The van der Waals surface area contributed by atoms with E-state index in [0.717, 1.165) is 63.7 Å². The van der Waals surface area contributed by atoms with E-state index in [1.165, 1.54) is 75.7 Å². The van der Waals surface area contributed by atoms with Gasteiger partial charge in [0.1, 0.15) is 6.10 Å². The van der Waals surface area contributed by atoms with Crippen molar-refractivity contribution in [2.45, 2.75) is 183 Å². The summed E-state index contributed by atoms with van der Waals surface area (Å²) in [4.78, 5) is 42.6. The molecule has 7 nitrogen and oxygen atoms in total. The predicted octanol–water partition coefficient (Wildman–Crippen LogP) is 11.7. The van der Waals surface area contributed by atoms with Gasteiger partial charge in [-0.3, -0.25) is 14.4 Å². The Labute approximate surface area is 375 Å². The molecule has 0 bridgehead atoms. The number of carboxylic acid groups (broad SMARTS) is 1. The molecular formula is C55H84N2O5. The summed E-state index contributed by atoms with van der Waals surface area (Å²) in [5.74, 6) is 3.00. The lowest BCUT2D eigenvalue weighted by molar-refractivity contribution is -0.249. The van der Waals surface area contributed by atoms with Gasteiger partial charge >= 0.3 is 11.9 Å². The van der Waals surface area contributed by atoms with Crippen LogP contribution in [0.5, 0.6) is 0 Å². The highest BCUT2D eigenvalue weighted by Crippen LogP contribution is 2.77. The molecule has 1 amide bonds. The third-order valence-electron chi connectivity index (χ3n) is 20.5. The molecule has 344 valence electrons. The average molecular weight is 853 g/mol. The van der Waals surface area contributed by atoms with Gasteiger partial charge in [-0.15, -0.1) is 0 Å². The zero-order valence-electron chi connectivity index (χ0n) is 40.2. The maximum atomic E-state index is 15.1. The molecule has 1 aromatic rings. The Bertz CT molecular complexity index is 1830. The van der Waals surface area contributed by atoms with Crippen molar-refractivity contribution in [2.75, 3.05) is 19.6 Å². The first-order valence-corrected chi connectivity index (χ1v) is 25.3. The van der Waals surface area contributed by atoms with Crippen LogP contribution >= 0.6 is 0 Å². The molecule has 7 fully saturated rings. The lowest BCUT2D eigenvalue weighted by Gasteiger charge is -2.72. The van der Waals surface area contributed by atoms with Crippen molar-refractivity contribution in [1.82, 2.24) is 10.2 Å². The molecule has 8 rings (SSSR count). The van der Waals surface area contributed by atoms with Gasteiger partial charge in [-0.05, 0) is 191 Å². The Balaban J connectivity index is 0.922. The average Bonchev–Trinajstić information content (AvgIpc) is 3.82. The summed E-state index contributed by atoms with van der Waals surface area (Å²) in [6.07, 6.45) is 18.0. The molecule has 0 aromatic heterocycles. The van der Waals surface area contributed by atoms with Crippen LogP contribution in [0.25, 0.3) is 0 Å². The Hall–Kier alpha value is -2.67. The van der Waals surface area contributed by atoms with Gasteiger partial charge in [-0.25, -0.2) is 0 Å². The summed E-state index contributed by atoms with van der Waals surface area (Å²) >= 11 is 0. The normalized spacial score (nSPS) is 40.6. The maximum absolute atomic E-state index is 15.1. The number of esters is 1. The van der Waals surface area contributed by atoms with Crippen LogP contribution in [0.2, 0.25) is 0 Å². The number of likely N-dealkylation sites (tertiary alicyclic amines) is 1. The van der Waals surface area contributed by atoms with Crippen LogP contribution in [-0.4, -0.2) is 59.6 Å². The highest BCUT2D eigenvalue weighted by molar-refractivity contribution is 5.84. The molecule has 1 aromatic carbocycles. The summed E-state index contributed by atoms with van der Waals surface area (Å²) in [7, 11) is 0. The lowest BCUT2D eigenvalue weighted by atomic mass is 9.32. The number of carbonyl (C=O) groups is 3. The zero-order valence-corrected chi connectivity index (χ0v) is 40.2. The number of carbonyl (C=O) groups excluding carboxylic acids is 2. The Kier molecular flexibility index (Phi) is 12.5. The van der Waals surface area contributed by atoms with E-state index in [1.54, 1.807) is 0 Å². The van der Waals surface area contributed by atoms with E-state index in [0.29, 0.717) is 47.5 Å². The van der Waals surface area contributed by atoms with E-state index in [-0.39, 0.29) is 52.0 Å². The Morgan fingerprint density at radius 1 is 0.806 bits per heavy atom. The summed E-state index contributed by atoms with van der Waals surface area (Å²) in [5, 5.41) is 13.2. The monoisotopic (exact) mass is 853 g/mol. The molecule has 2 N–H and O–H groups in total. The standard InChI is InChI=1S/C55H84N2O5/c1-36(2)41-19-26-55(49(61)56-40-16-15-39(32-40)35-57-29-22-38(23-30-57)31-37-13-11-10-12-14-37)28-27-53(8)42(48(41)55)17-18-44-52(7)24-21-45(51(5,6)43(52)20-25-54(44,53)9)62-47(60)34-50(3,4)33-46(58)59/h10-14,38-45,48H,1,15-35H2,2-9H3,(H,56,61)(H,58,59)/t39-,40+,41-,42+,43-,44+,45-,48+,52-,53+,54+,55-/m0/s1. The number of nitrogens with one attached hydrogen (secondary N) is 1. The molecular weight excluding hydrogens is 769 g/mol. The summed E-state index contributed by atoms with van der Waals surface area (Å²) in [6.45, 7) is 26.8. The van der Waals surface area contributed by atoms with E-state index >= 15 is 4.79 Å². The van der Waals surface area contributed by atoms with E-state index in [9.17, 15) is 14.7 Å². The first kappa shape index (κ1) is 45.9. The van der Waals surface area contributed by atoms with Crippen molar-refractivity contribution in [2.24, 2.45) is 73.9 Å². The summed E-state index contributed by atoms with van der Waals surface area (Å²) in [5.41, 5.74) is 2.11. The highest BCUT2D eigenvalue weighted by atomic mass is 16.5. The number of fused-ring (bicyclic) bond motifs is 7. The SMILES string of the molecule is C=C(C)[C@@H]1CC[C@]2(C(=O)N[C@@H]3CC[C@H](CN4CCC(Cc5ccccc5)CC4)C3)CC[C@]3(C)[C@H](CC[C@@H]4[C@@]5(C)CC[C@H](OC(=O)CC(C)(C)CC(=O)O)C(C)(C)[C@@H]5CC[C@]43C)[C@@H]12. The number of benzene rings is 1. The number of piperidine rings is 1. The second kappa shape index (κ2) is 17.0. The Morgan fingerprint density at radius 2 is 1.53 bits per heavy atom. The number of amides is 1. The minimum Gasteiger partial charge on any atom is -0.481 e. The smallest absolute Gasteiger partial charge is 0.306 e. The molecule has 1 aliphatic heterocycles. The van der Waals surface area contributed by atoms with E-state index in [2.05, 4.69) is 88.7 Å². The number of allylic oxidation sites excluding steroid dienone is 1. The zero-order chi connectivity index (χ0) is 44.5. The number of ether oxygens (including phenoxy) is 1. The second-order valence-corrected chi connectivity index (χ2v) is 24.9. The van der Waals surface area contributed by atoms with Gasteiger partial charge in [-0.1, -0.05) is 91.0 Å². The van der Waals surface area contributed by atoms with Crippen LogP contribution in [0.3, 0.4) is 0 Å². The first-order chi connectivity index (χ1) is 29.2. The summed E-state index contributed by atoms with van der Waals surface area (Å²) < 4.78 is 6.33. The molecule has 1 heterocycles. The molecule has 7 heteroatoms. The van der Waals surface area contributed by atoms with Crippen LogP contribution in [0, 0.1) is 73.9 Å². The number of rotatable bonds is 12. The number of hydrogen-bond acceptors (Lipinski definition) is 5. The maximum Gasteiger partial charge on any atom is 0.306 e. The van der Waals surface area contributed by atoms with Crippen LogP contribution in [0.15, 0.2) is 42.5 Å². The van der Waals surface area contributed by atoms with Crippen LogP contribution in [0.1, 0.15) is 170 Å². The largest absolute Gasteiger partial charge is 0.481 e. The van der Waals surface area contributed by atoms with Crippen LogP contribution in [-0.2, 0) is 25.5 Å². The van der Waals surface area contributed by atoms with Crippen molar-refractivity contribution in [3.63, 3.8) is 0 Å². The van der Waals surface area contributed by atoms with Crippen molar-refractivity contribution >= 4 is 17.8 Å². The van der Waals surface area contributed by atoms with Gasteiger partial charge in [0, 0.05) is 18.0 Å².